The van der Waals surface area contributed by atoms with Crippen molar-refractivity contribution in [1.82, 2.24) is 10.2 Å². The topological polar surface area (TPSA) is 49.4 Å². The maximum atomic E-state index is 12.7. The van der Waals surface area contributed by atoms with Gasteiger partial charge in [-0.1, -0.05) is 44.2 Å². The third-order valence-electron chi connectivity index (χ3n) is 5.22. The van der Waals surface area contributed by atoms with Gasteiger partial charge < -0.3 is 10.2 Å². The summed E-state index contributed by atoms with van der Waals surface area (Å²) in [5, 5.41) is 3.29. The van der Waals surface area contributed by atoms with Gasteiger partial charge in [0.25, 0.3) is 0 Å². The maximum Gasteiger partial charge on any atom is 0.225 e. The van der Waals surface area contributed by atoms with E-state index in [-0.39, 0.29) is 29.7 Å². The van der Waals surface area contributed by atoms with Crippen molar-refractivity contribution in [2.75, 3.05) is 13.1 Å². The van der Waals surface area contributed by atoms with E-state index in [4.69, 9.17) is 0 Å². The van der Waals surface area contributed by atoms with Gasteiger partial charge in [-0.15, -0.1) is 0 Å². The van der Waals surface area contributed by atoms with E-state index in [1.165, 1.54) is 18.4 Å². The summed E-state index contributed by atoms with van der Waals surface area (Å²) in [5.74, 6) is 1.01. The fourth-order valence-electron chi connectivity index (χ4n) is 3.56. The summed E-state index contributed by atoms with van der Waals surface area (Å²) in [4.78, 5) is 26.7. The molecule has 2 aliphatic rings. The minimum atomic E-state index is 0.0335. The molecular formula is C20H28N2O2. The average molecular weight is 328 g/mol. The minimum absolute atomic E-state index is 0.0335. The van der Waals surface area contributed by atoms with E-state index in [1.807, 2.05) is 36.9 Å². The number of piperidine rings is 1. The summed E-state index contributed by atoms with van der Waals surface area (Å²) in [6.07, 6.45) is 3.94. The average Bonchev–Trinajstić information content (AvgIpc) is 3.44. The standard InChI is InChI=1S/C20H28N2O2/c1-14(2)20(24)22-12-10-17(11-13-22)19(23)21-18(16-8-9-16)15-6-4-3-5-7-15/h3-7,14,16-18H,8-13H2,1-2H3,(H,21,23)/t18-/m0/s1. The van der Waals surface area contributed by atoms with Gasteiger partial charge in [0, 0.05) is 24.9 Å². The number of carbonyl (C=O) groups is 2. The normalized spacial score (nSPS) is 20.0. The summed E-state index contributed by atoms with van der Waals surface area (Å²) in [5.41, 5.74) is 1.21. The molecule has 24 heavy (non-hydrogen) atoms. The highest BCUT2D eigenvalue weighted by Gasteiger charge is 2.35. The van der Waals surface area contributed by atoms with Crippen molar-refractivity contribution in [2.24, 2.45) is 17.8 Å². The number of benzene rings is 1. The second-order valence-electron chi connectivity index (χ2n) is 7.49. The molecule has 3 rings (SSSR count). The highest BCUT2D eigenvalue weighted by molar-refractivity contribution is 5.81. The van der Waals surface area contributed by atoms with Crippen LogP contribution in [0.2, 0.25) is 0 Å². The third-order valence-corrected chi connectivity index (χ3v) is 5.22. The fraction of sp³-hybridized carbons (Fsp3) is 0.600. The van der Waals surface area contributed by atoms with Crippen molar-refractivity contribution >= 4 is 11.8 Å². The van der Waals surface area contributed by atoms with Crippen LogP contribution in [-0.4, -0.2) is 29.8 Å². The van der Waals surface area contributed by atoms with Gasteiger partial charge in [-0.25, -0.2) is 0 Å². The molecule has 0 unspecified atom stereocenters. The van der Waals surface area contributed by atoms with Crippen LogP contribution in [0.25, 0.3) is 0 Å². The second kappa shape index (κ2) is 7.37. The van der Waals surface area contributed by atoms with Crippen LogP contribution in [0.3, 0.4) is 0 Å². The van der Waals surface area contributed by atoms with E-state index in [1.54, 1.807) is 0 Å². The van der Waals surface area contributed by atoms with Crippen LogP contribution in [0.5, 0.6) is 0 Å². The molecule has 1 aliphatic carbocycles. The van der Waals surface area contributed by atoms with Gasteiger partial charge in [-0.2, -0.15) is 0 Å². The number of nitrogens with zero attached hydrogens (tertiary/aromatic N) is 1. The van der Waals surface area contributed by atoms with Gasteiger partial charge in [0.15, 0.2) is 0 Å². The number of amides is 2. The predicted molar refractivity (Wildman–Crippen MR) is 94.2 cm³/mol. The Hall–Kier alpha value is -1.84. The molecule has 0 bridgehead atoms. The van der Waals surface area contributed by atoms with E-state index in [2.05, 4.69) is 17.4 Å². The first-order valence-electron chi connectivity index (χ1n) is 9.20. The van der Waals surface area contributed by atoms with Gasteiger partial charge >= 0.3 is 0 Å². The molecule has 0 radical (unpaired) electrons. The molecule has 0 spiro atoms. The van der Waals surface area contributed by atoms with Gasteiger partial charge in [-0.3, -0.25) is 9.59 Å². The Morgan fingerprint density at radius 3 is 2.21 bits per heavy atom. The van der Waals surface area contributed by atoms with Crippen molar-refractivity contribution in [3.05, 3.63) is 35.9 Å². The highest BCUT2D eigenvalue weighted by Crippen LogP contribution is 2.41. The number of hydrogen-bond acceptors (Lipinski definition) is 2. The van der Waals surface area contributed by atoms with E-state index in [0.717, 1.165) is 12.8 Å². The summed E-state index contributed by atoms with van der Waals surface area (Å²) < 4.78 is 0. The Bertz CT molecular complexity index is 573. The minimum Gasteiger partial charge on any atom is -0.349 e. The first-order valence-corrected chi connectivity index (χ1v) is 9.20. The molecule has 130 valence electrons. The molecule has 2 fully saturated rings. The van der Waals surface area contributed by atoms with Crippen LogP contribution in [0.15, 0.2) is 30.3 Å². The van der Waals surface area contributed by atoms with Crippen LogP contribution in [0.4, 0.5) is 0 Å². The molecule has 4 nitrogen and oxygen atoms in total. The van der Waals surface area contributed by atoms with Gasteiger partial charge in [0.1, 0.15) is 0 Å². The molecule has 4 heteroatoms. The maximum absolute atomic E-state index is 12.7. The molecule has 1 heterocycles. The molecule has 2 amide bonds. The zero-order valence-electron chi connectivity index (χ0n) is 14.7. The number of likely N-dealkylation sites (tertiary alicyclic amines) is 1. The van der Waals surface area contributed by atoms with Crippen LogP contribution in [-0.2, 0) is 9.59 Å². The van der Waals surface area contributed by atoms with Gasteiger partial charge in [-0.05, 0) is 37.2 Å². The molecule has 1 N–H and O–H groups in total. The molecule has 1 saturated carbocycles. The van der Waals surface area contributed by atoms with Gasteiger partial charge in [0.2, 0.25) is 11.8 Å². The summed E-state index contributed by atoms with van der Waals surface area (Å²) in [6.45, 7) is 5.27. The van der Waals surface area contributed by atoms with Gasteiger partial charge in [0.05, 0.1) is 6.04 Å². The third kappa shape index (κ3) is 3.97. The SMILES string of the molecule is CC(C)C(=O)N1CCC(C(=O)N[C@@H](c2ccccc2)C2CC2)CC1. The Morgan fingerprint density at radius 2 is 1.67 bits per heavy atom. The van der Waals surface area contributed by atoms with Crippen LogP contribution in [0, 0.1) is 17.8 Å². The molecular weight excluding hydrogens is 300 g/mol. The molecule has 1 atom stereocenters. The van der Waals surface area contributed by atoms with Crippen molar-refractivity contribution in [2.45, 2.75) is 45.6 Å². The summed E-state index contributed by atoms with van der Waals surface area (Å²) in [7, 11) is 0. The summed E-state index contributed by atoms with van der Waals surface area (Å²) in [6, 6.07) is 10.4. The van der Waals surface area contributed by atoms with Crippen molar-refractivity contribution in [3.63, 3.8) is 0 Å². The zero-order chi connectivity index (χ0) is 17.1. The van der Waals surface area contributed by atoms with Crippen molar-refractivity contribution in [3.8, 4) is 0 Å². The first-order chi connectivity index (χ1) is 11.6. The Balaban J connectivity index is 1.56. The van der Waals surface area contributed by atoms with Crippen molar-refractivity contribution in [1.29, 1.82) is 0 Å². The van der Waals surface area contributed by atoms with Crippen LogP contribution in [0.1, 0.15) is 51.1 Å². The number of hydrogen-bond donors (Lipinski definition) is 1. The number of carbonyl (C=O) groups excluding carboxylic acids is 2. The Kier molecular flexibility index (Phi) is 5.22. The van der Waals surface area contributed by atoms with Crippen LogP contribution >= 0.6 is 0 Å². The molecule has 0 aromatic heterocycles. The smallest absolute Gasteiger partial charge is 0.225 e. The van der Waals surface area contributed by atoms with Crippen LogP contribution < -0.4 is 5.32 Å². The Labute approximate surface area is 144 Å². The quantitative estimate of drug-likeness (QED) is 0.903. The zero-order valence-corrected chi connectivity index (χ0v) is 14.7. The summed E-state index contributed by atoms with van der Waals surface area (Å²) >= 11 is 0. The predicted octanol–water partition coefficient (Wildman–Crippen LogP) is 3.15. The lowest BCUT2D eigenvalue weighted by Gasteiger charge is -2.33. The first kappa shape index (κ1) is 17.0. The van der Waals surface area contributed by atoms with E-state index < -0.39 is 0 Å². The van der Waals surface area contributed by atoms with E-state index >= 15 is 0 Å². The number of rotatable bonds is 5. The fourth-order valence-corrected chi connectivity index (χ4v) is 3.56. The van der Waals surface area contributed by atoms with Crippen molar-refractivity contribution < 1.29 is 9.59 Å². The molecule has 1 aromatic carbocycles. The number of nitrogens with one attached hydrogen (secondary N) is 1. The second-order valence-corrected chi connectivity index (χ2v) is 7.49. The molecule has 1 aromatic rings. The van der Waals surface area contributed by atoms with E-state index in [0.29, 0.717) is 19.0 Å². The highest BCUT2D eigenvalue weighted by atomic mass is 16.2. The molecule has 1 saturated heterocycles. The molecule has 1 aliphatic heterocycles. The monoisotopic (exact) mass is 328 g/mol. The Morgan fingerprint density at radius 1 is 1.04 bits per heavy atom. The lowest BCUT2D eigenvalue weighted by molar-refractivity contribution is -0.138. The lowest BCUT2D eigenvalue weighted by atomic mass is 9.93. The van der Waals surface area contributed by atoms with E-state index in [9.17, 15) is 9.59 Å². The lowest BCUT2D eigenvalue weighted by Crippen LogP contribution is -2.45. The largest absolute Gasteiger partial charge is 0.349 e.